The molecule has 1 aliphatic heterocycles. The van der Waals surface area contributed by atoms with Gasteiger partial charge in [-0.1, -0.05) is 0 Å². The molecule has 92 valence electrons. The maximum atomic E-state index is 11.5. The molecule has 1 N–H and O–H groups in total. The molecule has 0 aromatic carbocycles. The van der Waals surface area contributed by atoms with Crippen molar-refractivity contribution >= 4 is 11.9 Å². The van der Waals surface area contributed by atoms with E-state index in [1.807, 2.05) is 20.8 Å². The zero-order chi connectivity index (χ0) is 12.3. The van der Waals surface area contributed by atoms with E-state index in [1.54, 1.807) is 0 Å². The summed E-state index contributed by atoms with van der Waals surface area (Å²) in [6, 6.07) is -0.670. The van der Waals surface area contributed by atoms with Crippen molar-refractivity contribution in [1.29, 1.82) is 0 Å². The lowest BCUT2D eigenvalue weighted by atomic mass is 10.2. The average molecular weight is 229 g/mol. The molecule has 5 heteroatoms. The van der Waals surface area contributed by atoms with Crippen LogP contribution in [0.15, 0.2) is 0 Å². The number of carboxylic acid groups (broad SMARTS) is 1. The zero-order valence-electron chi connectivity index (χ0n) is 10.0. The molecule has 0 spiro atoms. The van der Waals surface area contributed by atoms with Crippen molar-refractivity contribution in [2.24, 2.45) is 0 Å². The average Bonchev–Trinajstić information content (AvgIpc) is 2.46. The van der Waals surface area contributed by atoms with Gasteiger partial charge in [-0.15, -0.1) is 0 Å². The van der Waals surface area contributed by atoms with Gasteiger partial charge in [-0.05, 0) is 27.2 Å². The number of aliphatic carboxylic acids is 1. The van der Waals surface area contributed by atoms with Crippen molar-refractivity contribution in [1.82, 2.24) is 4.90 Å². The minimum Gasteiger partial charge on any atom is -0.480 e. The molecule has 1 aliphatic rings. The Balaban J connectivity index is 2.45. The van der Waals surface area contributed by atoms with Crippen LogP contribution in [0.3, 0.4) is 0 Å². The highest BCUT2D eigenvalue weighted by molar-refractivity contribution is 5.87. The molecule has 1 heterocycles. The number of nitrogens with zero attached hydrogens (tertiary/aromatic N) is 1. The first-order chi connectivity index (χ1) is 7.31. The first-order valence-corrected chi connectivity index (χ1v) is 5.47. The lowest BCUT2D eigenvalue weighted by Gasteiger charge is -2.25. The van der Waals surface area contributed by atoms with Gasteiger partial charge in [0.05, 0.1) is 12.2 Å². The molecule has 0 bridgehead atoms. The topological polar surface area (TPSA) is 66.8 Å². The lowest BCUT2D eigenvalue weighted by Crippen LogP contribution is -2.41. The van der Waals surface area contributed by atoms with Gasteiger partial charge in [0.2, 0.25) is 5.91 Å². The van der Waals surface area contributed by atoms with E-state index in [0.717, 1.165) is 0 Å². The van der Waals surface area contributed by atoms with Gasteiger partial charge in [0, 0.05) is 13.0 Å². The first kappa shape index (κ1) is 13.0. The number of hydrogen-bond acceptors (Lipinski definition) is 3. The molecule has 16 heavy (non-hydrogen) atoms. The number of amides is 1. The van der Waals surface area contributed by atoms with Gasteiger partial charge in [0.15, 0.2) is 0 Å². The molecular formula is C11H19NO4. The third-order valence-electron chi connectivity index (χ3n) is 2.48. The number of hydrogen-bond donors (Lipinski definition) is 1. The van der Waals surface area contributed by atoms with Crippen molar-refractivity contribution in [2.45, 2.75) is 45.3 Å². The summed E-state index contributed by atoms with van der Waals surface area (Å²) < 4.78 is 5.48. The van der Waals surface area contributed by atoms with Gasteiger partial charge in [0.1, 0.15) is 6.04 Å². The molecule has 1 fully saturated rings. The molecule has 1 rings (SSSR count). The number of carbonyl (C=O) groups excluding carboxylic acids is 1. The van der Waals surface area contributed by atoms with Crippen LogP contribution in [0.5, 0.6) is 0 Å². The molecule has 1 amide bonds. The molecule has 0 aromatic heterocycles. The second-order valence-corrected chi connectivity index (χ2v) is 4.94. The van der Waals surface area contributed by atoms with Gasteiger partial charge >= 0.3 is 5.97 Å². The Hall–Kier alpha value is -1.10. The highest BCUT2D eigenvalue weighted by Crippen LogP contribution is 2.18. The summed E-state index contributed by atoms with van der Waals surface area (Å²) in [5.41, 5.74) is -0.262. The molecule has 0 saturated carbocycles. The van der Waals surface area contributed by atoms with Gasteiger partial charge in [-0.25, -0.2) is 4.79 Å². The monoisotopic (exact) mass is 229 g/mol. The van der Waals surface area contributed by atoms with Crippen LogP contribution in [-0.4, -0.2) is 46.7 Å². The fourth-order valence-electron chi connectivity index (χ4n) is 1.72. The molecular weight excluding hydrogens is 210 g/mol. The molecule has 1 saturated heterocycles. The molecule has 1 atom stereocenters. The second kappa shape index (κ2) is 4.82. The fourth-order valence-corrected chi connectivity index (χ4v) is 1.72. The van der Waals surface area contributed by atoms with Crippen molar-refractivity contribution in [3.8, 4) is 0 Å². The van der Waals surface area contributed by atoms with Crippen LogP contribution in [0, 0.1) is 0 Å². The van der Waals surface area contributed by atoms with Crippen molar-refractivity contribution in [2.75, 3.05) is 13.2 Å². The largest absolute Gasteiger partial charge is 0.480 e. The maximum absolute atomic E-state index is 11.5. The predicted molar refractivity (Wildman–Crippen MR) is 58.1 cm³/mol. The van der Waals surface area contributed by atoms with Crippen LogP contribution in [0.25, 0.3) is 0 Å². The van der Waals surface area contributed by atoms with Crippen LogP contribution in [0.4, 0.5) is 0 Å². The minimum absolute atomic E-state index is 0.0927. The van der Waals surface area contributed by atoms with Crippen LogP contribution in [0.1, 0.15) is 33.6 Å². The maximum Gasteiger partial charge on any atom is 0.326 e. The molecule has 0 aliphatic carbocycles. The number of carboxylic acids is 1. The van der Waals surface area contributed by atoms with E-state index in [4.69, 9.17) is 9.84 Å². The van der Waals surface area contributed by atoms with E-state index in [9.17, 15) is 9.59 Å². The van der Waals surface area contributed by atoms with Crippen molar-refractivity contribution in [3.63, 3.8) is 0 Å². The van der Waals surface area contributed by atoms with Crippen molar-refractivity contribution in [3.05, 3.63) is 0 Å². The Morgan fingerprint density at radius 2 is 2.19 bits per heavy atom. The zero-order valence-corrected chi connectivity index (χ0v) is 10.0. The van der Waals surface area contributed by atoms with E-state index >= 15 is 0 Å². The minimum atomic E-state index is -0.929. The third kappa shape index (κ3) is 3.48. The lowest BCUT2D eigenvalue weighted by molar-refractivity contribution is -0.147. The van der Waals surface area contributed by atoms with E-state index in [-0.39, 0.29) is 11.5 Å². The quantitative estimate of drug-likeness (QED) is 0.777. The van der Waals surface area contributed by atoms with Gasteiger partial charge < -0.3 is 14.7 Å². The van der Waals surface area contributed by atoms with Crippen LogP contribution in [0.2, 0.25) is 0 Å². The summed E-state index contributed by atoms with van der Waals surface area (Å²) in [6.07, 6.45) is 0.732. The Bertz CT molecular complexity index is 282. The SMILES string of the molecule is CC(C)(C)OCCN1C(=O)CCC1C(=O)O. The fraction of sp³-hybridized carbons (Fsp3) is 0.818. The second-order valence-electron chi connectivity index (χ2n) is 4.94. The number of likely N-dealkylation sites (tertiary alicyclic amines) is 1. The summed E-state index contributed by atoms with van der Waals surface area (Å²) in [6.45, 7) is 6.50. The van der Waals surface area contributed by atoms with Gasteiger partial charge in [-0.3, -0.25) is 4.79 Å². The van der Waals surface area contributed by atoms with Gasteiger partial charge in [0.25, 0.3) is 0 Å². The van der Waals surface area contributed by atoms with Crippen LogP contribution in [-0.2, 0) is 14.3 Å². The van der Waals surface area contributed by atoms with Crippen LogP contribution < -0.4 is 0 Å². The summed E-state index contributed by atoms with van der Waals surface area (Å²) in [7, 11) is 0. The number of carbonyl (C=O) groups is 2. The molecule has 0 radical (unpaired) electrons. The van der Waals surface area contributed by atoms with E-state index in [1.165, 1.54) is 4.90 Å². The number of ether oxygens (including phenoxy) is 1. The van der Waals surface area contributed by atoms with Crippen LogP contribution >= 0.6 is 0 Å². The number of rotatable bonds is 4. The van der Waals surface area contributed by atoms with E-state index < -0.39 is 12.0 Å². The Morgan fingerprint density at radius 3 is 2.69 bits per heavy atom. The molecule has 5 nitrogen and oxygen atoms in total. The first-order valence-electron chi connectivity index (χ1n) is 5.47. The standard InChI is InChI=1S/C11H19NO4/c1-11(2,3)16-7-6-12-8(10(14)15)4-5-9(12)13/h8H,4-7H2,1-3H3,(H,14,15). The summed E-state index contributed by atoms with van der Waals surface area (Å²) in [5, 5.41) is 8.93. The Kier molecular flexibility index (Phi) is 3.91. The van der Waals surface area contributed by atoms with Crippen molar-refractivity contribution < 1.29 is 19.4 Å². The van der Waals surface area contributed by atoms with Gasteiger partial charge in [-0.2, -0.15) is 0 Å². The predicted octanol–water partition coefficient (Wildman–Crippen LogP) is 0.877. The molecule has 1 unspecified atom stereocenters. The summed E-state index contributed by atoms with van der Waals surface area (Å²) in [4.78, 5) is 23.7. The Morgan fingerprint density at radius 1 is 1.56 bits per heavy atom. The van der Waals surface area contributed by atoms with E-state index in [2.05, 4.69) is 0 Å². The highest BCUT2D eigenvalue weighted by atomic mass is 16.5. The van der Waals surface area contributed by atoms with E-state index in [0.29, 0.717) is 26.0 Å². The third-order valence-corrected chi connectivity index (χ3v) is 2.48. The smallest absolute Gasteiger partial charge is 0.326 e. The summed E-state index contributed by atoms with van der Waals surface area (Å²) >= 11 is 0. The normalized spacial score (nSPS) is 21.6. The Labute approximate surface area is 95.4 Å². The highest BCUT2D eigenvalue weighted by Gasteiger charge is 2.35. The molecule has 0 aromatic rings. The summed E-state index contributed by atoms with van der Waals surface area (Å²) in [5.74, 6) is -1.02.